The average Bonchev–Trinajstić information content (AvgIpc) is 3.38. The van der Waals surface area contributed by atoms with Crippen LogP contribution in [0, 0.1) is 0 Å². The summed E-state index contributed by atoms with van der Waals surface area (Å²) < 4.78 is 7.96. The predicted molar refractivity (Wildman–Crippen MR) is 102 cm³/mol. The van der Waals surface area contributed by atoms with Gasteiger partial charge in [0, 0.05) is 16.6 Å². The van der Waals surface area contributed by atoms with Crippen LogP contribution in [-0.4, -0.2) is 28.5 Å². The van der Waals surface area contributed by atoms with Gasteiger partial charge in [-0.05, 0) is 42.3 Å². The number of epoxide rings is 1. The maximum absolute atomic E-state index is 11.1. The first-order valence-corrected chi connectivity index (χ1v) is 8.92. The molecule has 0 spiro atoms. The number of nitrogens with one attached hydrogen (secondary N) is 1. The molecule has 2 N–H and O–H groups in total. The van der Waals surface area contributed by atoms with Crippen molar-refractivity contribution in [2.75, 3.05) is 11.9 Å². The van der Waals surface area contributed by atoms with Crippen molar-refractivity contribution < 1.29 is 14.6 Å². The van der Waals surface area contributed by atoms with Crippen LogP contribution in [0.4, 0.5) is 10.5 Å². The number of halogens is 1. The number of carbonyl (C=O) groups is 1. The number of hydrogen-bond acceptors (Lipinski definition) is 2. The standard InChI is InChI=1S/C20H19ClN2O3/c1-2-20(18-12-26-18,13-6-8-14(21)9-7-13)23-11-10-15-16(22-19(24)25)4-3-5-17(15)23/h3-11,18,22H,2,12H2,1H3,(H,24,25). The molecule has 26 heavy (non-hydrogen) atoms. The average molecular weight is 371 g/mol. The summed E-state index contributed by atoms with van der Waals surface area (Å²) in [5, 5.41) is 13.1. The van der Waals surface area contributed by atoms with E-state index in [0.29, 0.717) is 17.3 Å². The summed E-state index contributed by atoms with van der Waals surface area (Å²) >= 11 is 6.09. The molecule has 0 radical (unpaired) electrons. The number of amides is 1. The molecule has 0 bridgehead atoms. The van der Waals surface area contributed by atoms with E-state index in [-0.39, 0.29) is 11.6 Å². The number of carboxylic acid groups (broad SMARTS) is 1. The molecule has 2 aromatic carbocycles. The summed E-state index contributed by atoms with van der Waals surface area (Å²) in [7, 11) is 0. The summed E-state index contributed by atoms with van der Waals surface area (Å²) in [6.45, 7) is 2.84. The molecule has 6 heteroatoms. The van der Waals surface area contributed by atoms with Crippen molar-refractivity contribution in [3.8, 4) is 0 Å². The van der Waals surface area contributed by atoms with Crippen LogP contribution in [0.25, 0.3) is 10.9 Å². The third-order valence-corrected chi connectivity index (χ3v) is 5.41. The molecule has 1 fully saturated rings. The van der Waals surface area contributed by atoms with Gasteiger partial charge in [0.15, 0.2) is 0 Å². The molecule has 2 unspecified atom stereocenters. The van der Waals surface area contributed by atoms with Crippen molar-refractivity contribution in [1.82, 2.24) is 4.57 Å². The minimum atomic E-state index is -1.07. The topological polar surface area (TPSA) is 66.8 Å². The van der Waals surface area contributed by atoms with Gasteiger partial charge in [0.25, 0.3) is 0 Å². The van der Waals surface area contributed by atoms with E-state index in [1.165, 1.54) is 0 Å². The second kappa shape index (κ2) is 6.34. The van der Waals surface area contributed by atoms with Gasteiger partial charge in [-0.25, -0.2) is 4.79 Å². The second-order valence-corrected chi connectivity index (χ2v) is 6.90. The highest BCUT2D eigenvalue weighted by Gasteiger charge is 2.48. The normalized spacial score (nSPS) is 18.5. The van der Waals surface area contributed by atoms with E-state index in [1.807, 2.05) is 48.7 Å². The summed E-state index contributed by atoms with van der Waals surface area (Å²) in [6, 6.07) is 15.5. The van der Waals surface area contributed by atoms with Crippen molar-refractivity contribution in [2.45, 2.75) is 25.0 Å². The van der Waals surface area contributed by atoms with E-state index in [1.54, 1.807) is 6.07 Å². The lowest BCUT2D eigenvalue weighted by Gasteiger charge is -2.35. The maximum Gasteiger partial charge on any atom is 0.409 e. The van der Waals surface area contributed by atoms with Crippen LogP contribution in [0.3, 0.4) is 0 Å². The molecule has 2 heterocycles. The summed E-state index contributed by atoms with van der Waals surface area (Å²) in [4.78, 5) is 11.1. The highest BCUT2D eigenvalue weighted by Crippen LogP contribution is 2.44. The van der Waals surface area contributed by atoms with Gasteiger partial charge < -0.3 is 14.4 Å². The van der Waals surface area contributed by atoms with Crippen LogP contribution in [0.2, 0.25) is 5.02 Å². The van der Waals surface area contributed by atoms with Gasteiger partial charge in [-0.3, -0.25) is 5.32 Å². The quantitative estimate of drug-likeness (QED) is 0.625. The van der Waals surface area contributed by atoms with Gasteiger partial charge in [-0.15, -0.1) is 0 Å². The molecule has 1 saturated heterocycles. The molecule has 3 aromatic rings. The second-order valence-electron chi connectivity index (χ2n) is 6.46. The van der Waals surface area contributed by atoms with Gasteiger partial charge in [-0.1, -0.05) is 36.7 Å². The van der Waals surface area contributed by atoms with Crippen LogP contribution in [0.15, 0.2) is 54.7 Å². The first-order chi connectivity index (χ1) is 12.6. The number of nitrogens with zero attached hydrogens (tertiary/aromatic N) is 1. The predicted octanol–water partition coefficient (Wildman–Crippen LogP) is 4.94. The lowest BCUT2D eigenvalue weighted by molar-refractivity contribution is 0.210. The molecule has 2 atom stereocenters. The van der Waals surface area contributed by atoms with Crippen molar-refractivity contribution in [3.63, 3.8) is 0 Å². The molecule has 0 aliphatic carbocycles. The van der Waals surface area contributed by atoms with E-state index in [9.17, 15) is 4.79 Å². The first-order valence-electron chi connectivity index (χ1n) is 8.54. The number of aromatic nitrogens is 1. The summed E-state index contributed by atoms with van der Waals surface area (Å²) in [5.41, 5.74) is 2.30. The zero-order valence-corrected chi connectivity index (χ0v) is 15.0. The smallest absolute Gasteiger partial charge is 0.409 e. The SMILES string of the molecule is CCC(c1ccc(Cl)cc1)(C1CO1)n1ccc2c(NC(=O)O)cccc21. The van der Waals surface area contributed by atoms with E-state index < -0.39 is 6.09 Å². The number of benzene rings is 2. The fourth-order valence-electron chi connectivity index (χ4n) is 3.88. The summed E-state index contributed by atoms with van der Waals surface area (Å²) in [5.74, 6) is 0. The van der Waals surface area contributed by atoms with E-state index >= 15 is 0 Å². The van der Waals surface area contributed by atoms with Crippen LogP contribution in [0.5, 0.6) is 0 Å². The molecular formula is C20H19ClN2O3. The van der Waals surface area contributed by atoms with Gasteiger partial charge >= 0.3 is 6.09 Å². The van der Waals surface area contributed by atoms with Crippen molar-refractivity contribution in [3.05, 3.63) is 65.3 Å². The van der Waals surface area contributed by atoms with Crippen molar-refractivity contribution in [2.24, 2.45) is 0 Å². The number of hydrogen-bond donors (Lipinski definition) is 2. The molecule has 1 aliphatic rings. The molecule has 5 nitrogen and oxygen atoms in total. The molecule has 1 aliphatic heterocycles. The zero-order valence-electron chi connectivity index (χ0n) is 14.3. The fourth-order valence-corrected chi connectivity index (χ4v) is 4.01. The zero-order chi connectivity index (χ0) is 18.3. The summed E-state index contributed by atoms with van der Waals surface area (Å²) in [6.07, 6.45) is 1.84. The molecule has 1 amide bonds. The van der Waals surface area contributed by atoms with Crippen LogP contribution < -0.4 is 5.32 Å². The van der Waals surface area contributed by atoms with Gasteiger partial charge in [0.2, 0.25) is 0 Å². The first kappa shape index (κ1) is 16.9. The molecule has 0 saturated carbocycles. The minimum Gasteiger partial charge on any atom is -0.465 e. The Bertz CT molecular complexity index is 963. The third kappa shape index (κ3) is 2.64. The van der Waals surface area contributed by atoms with E-state index in [2.05, 4.69) is 16.8 Å². The van der Waals surface area contributed by atoms with Crippen LogP contribution in [0.1, 0.15) is 18.9 Å². The molecule has 4 rings (SSSR count). The Kier molecular flexibility index (Phi) is 4.13. The molecule has 1 aromatic heterocycles. The van der Waals surface area contributed by atoms with Gasteiger partial charge in [0.1, 0.15) is 6.10 Å². The number of ether oxygens (including phenoxy) is 1. The van der Waals surface area contributed by atoms with Crippen LogP contribution >= 0.6 is 11.6 Å². The van der Waals surface area contributed by atoms with E-state index in [4.69, 9.17) is 21.4 Å². The Labute approximate surface area is 156 Å². The Morgan fingerprint density at radius 2 is 2.04 bits per heavy atom. The minimum absolute atomic E-state index is 0.0698. The number of rotatable bonds is 5. The lowest BCUT2D eigenvalue weighted by Crippen LogP contribution is -2.39. The van der Waals surface area contributed by atoms with Gasteiger partial charge in [-0.2, -0.15) is 0 Å². The maximum atomic E-state index is 11.1. The third-order valence-electron chi connectivity index (χ3n) is 5.15. The van der Waals surface area contributed by atoms with Crippen LogP contribution in [-0.2, 0) is 10.3 Å². The van der Waals surface area contributed by atoms with Gasteiger partial charge in [0.05, 0.1) is 23.3 Å². The fraction of sp³-hybridized carbons (Fsp3) is 0.250. The highest BCUT2D eigenvalue weighted by molar-refractivity contribution is 6.30. The van der Waals surface area contributed by atoms with Crippen molar-refractivity contribution >= 4 is 34.3 Å². The monoisotopic (exact) mass is 370 g/mol. The largest absolute Gasteiger partial charge is 0.465 e. The Balaban J connectivity index is 1.92. The highest BCUT2D eigenvalue weighted by atomic mass is 35.5. The Morgan fingerprint density at radius 1 is 1.31 bits per heavy atom. The molecule has 134 valence electrons. The Hall–Kier alpha value is -2.50. The lowest BCUT2D eigenvalue weighted by atomic mass is 9.83. The van der Waals surface area contributed by atoms with E-state index in [0.717, 1.165) is 22.9 Å². The number of anilines is 1. The number of fused-ring (bicyclic) bond motifs is 1. The molecular weight excluding hydrogens is 352 g/mol. The van der Waals surface area contributed by atoms with Crippen molar-refractivity contribution in [1.29, 1.82) is 0 Å². The Morgan fingerprint density at radius 3 is 2.65 bits per heavy atom.